The lowest BCUT2D eigenvalue weighted by Gasteiger charge is -2.44. The van der Waals surface area contributed by atoms with Gasteiger partial charge in [0.05, 0.1) is 12.6 Å². The Morgan fingerprint density at radius 3 is 1.30 bits per heavy atom. The van der Waals surface area contributed by atoms with Crippen LogP contribution in [0.2, 0.25) is 0 Å². The molecule has 0 aromatic heterocycles. The van der Waals surface area contributed by atoms with E-state index in [9.17, 15) is 33.6 Å². The van der Waals surface area contributed by atoms with Crippen LogP contribution in [0.3, 0.4) is 0 Å². The van der Waals surface area contributed by atoms with Crippen molar-refractivity contribution in [2.45, 2.75) is 303 Å². The zero-order chi connectivity index (χ0) is 54.8. The van der Waals surface area contributed by atoms with Crippen molar-refractivity contribution in [3.8, 4) is 0 Å². The third kappa shape index (κ3) is 35.3. The van der Waals surface area contributed by atoms with E-state index in [0.717, 1.165) is 65.7 Å². The second-order valence-electron chi connectivity index (χ2n) is 20.2. The van der Waals surface area contributed by atoms with Crippen LogP contribution in [0.25, 0.3) is 0 Å². The molecule has 1 fully saturated rings. The highest BCUT2D eigenvalue weighted by atomic mass is 16.7. The number of ether oxygens (including phenoxy) is 8. The van der Waals surface area contributed by atoms with Crippen molar-refractivity contribution in [2.75, 3.05) is 13.2 Å². The van der Waals surface area contributed by atoms with E-state index in [1.807, 2.05) is 6.08 Å². The normalized spacial score (nSPS) is 18.7. The fraction of sp³-hybridized carbons (Fsp3) is 0.845. The number of nitrogens with one attached hydrogen (secondary N) is 1. The zero-order valence-electron chi connectivity index (χ0n) is 47.2. The van der Waals surface area contributed by atoms with Crippen LogP contribution in [0, 0.1) is 0 Å². The molecule has 74 heavy (non-hydrogen) atoms. The van der Waals surface area contributed by atoms with Crippen LogP contribution in [0.4, 0.5) is 0 Å². The molecule has 1 aliphatic rings. The molecule has 1 aliphatic heterocycles. The van der Waals surface area contributed by atoms with Gasteiger partial charge in [0.15, 0.2) is 30.7 Å². The van der Waals surface area contributed by atoms with Gasteiger partial charge in [-0.05, 0) is 31.8 Å². The number of hydrogen-bond acceptors (Lipinski definition) is 15. The predicted octanol–water partition coefficient (Wildman–Crippen LogP) is 12.1. The number of esters is 6. The molecule has 0 spiro atoms. The molecule has 0 aromatic carbocycles. The highest BCUT2D eigenvalue weighted by Gasteiger charge is 2.53. The number of carbonyl (C=O) groups excluding carboxylic acids is 7. The molecule has 428 valence electrons. The molecular weight excluding hydrogens is 951 g/mol. The van der Waals surface area contributed by atoms with E-state index in [4.69, 9.17) is 37.9 Å². The number of carbonyl (C=O) groups is 7. The molecule has 0 aliphatic carbocycles. The van der Waals surface area contributed by atoms with Crippen LogP contribution < -0.4 is 5.32 Å². The quantitative estimate of drug-likeness (QED) is 0.0261. The Morgan fingerprint density at radius 2 is 0.878 bits per heavy atom. The molecule has 8 atom stereocenters. The van der Waals surface area contributed by atoms with Crippen molar-refractivity contribution in [2.24, 2.45) is 0 Å². The smallest absolute Gasteiger partial charge is 0.303 e. The van der Waals surface area contributed by atoms with Gasteiger partial charge in [-0.2, -0.15) is 0 Å². The first-order valence-electron chi connectivity index (χ1n) is 28.8. The van der Waals surface area contributed by atoms with E-state index in [1.165, 1.54) is 156 Å². The second kappa shape index (κ2) is 44.1. The predicted molar refractivity (Wildman–Crippen MR) is 285 cm³/mol. The first-order valence-corrected chi connectivity index (χ1v) is 28.8. The van der Waals surface area contributed by atoms with Crippen LogP contribution in [0.5, 0.6) is 0 Å². The molecule has 1 saturated heterocycles. The molecule has 1 rings (SSSR count). The molecular formula is C58H101NO15. The fourth-order valence-corrected chi connectivity index (χ4v) is 9.29. The summed E-state index contributed by atoms with van der Waals surface area (Å²) >= 11 is 0. The molecule has 16 heteroatoms. The third-order valence-electron chi connectivity index (χ3n) is 13.1. The van der Waals surface area contributed by atoms with Gasteiger partial charge in [-0.3, -0.25) is 33.6 Å². The molecule has 8 unspecified atom stereocenters. The Balaban J connectivity index is 3.22. The summed E-state index contributed by atoms with van der Waals surface area (Å²) in [5.74, 6) is -5.02. The largest absolute Gasteiger partial charge is 0.463 e. The summed E-state index contributed by atoms with van der Waals surface area (Å²) in [6.45, 7) is 10.6. The molecule has 16 nitrogen and oxygen atoms in total. The summed E-state index contributed by atoms with van der Waals surface area (Å²) in [4.78, 5) is 88.5. The monoisotopic (exact) mass is 1050 g/mol. The fourth-order valence-electron chi connectivity index (χ4n) is 9.29. The van der Waals surface area contributed by atoms with Crippen molar-refractivity contribution in [1.82, 2.24) is 5.32 Å². The molecule has 0 aromatic rings. The van der Waals surface area contributed by atoms with E-state index in [0.29, 0.717) is 12.8 Å². The van der Waals surface area contributed by atoms with Gasteiger partial charge in [0.25, 0.3) is 5.91 Å². The van der Waals surface area contributed by atoms with Crippen LogP contribution in [0.1, 0.15) is 254 Å². The number of allylic oxidation sites excluding steroid dienone is 1. The Labute approximate surface area is 445 Å². The SMILES string of the molecule is CCCCCCCCCCCCCCCC=CC(OC(C)=O)C(COC1OC(COC(C)=O)C(OC(C)=O)C(OC(C)=O)C1OC(C)=O)NC(=O)C(CCCCCCCCCCCCCCCCCC)OC(C)=O. The van der Waals surface area contributed by atoms with E-state index in [2.05, 4.69) is 19.2 Å². The Morgan fingerprint density at radius 1 is 0.473 bits per heavy atom. The van der Waals surface area contributed by atoms with Gasteiger partial charge in [-0.25, -0.2) is 0 Å². The van der Waals surface area contributed by atoms with E-state index < -0.39 is 104 Å². The molecule has 0 bridgehead atoms. The minimum atomic E-state index is -1.57. The first kappa shape index (κ1) is 68.0. The number of amides is 1. The van der Waals surface area contributed by atoms with E-state index >= 15 is 0 Å². The maximum absolute atomic E-state index is 14.2. The van der Waals surface area contributed by atoms with Crippen molar-refractivity contribution >= 4 is 41.7 Å². The average molecular weight is 1050 g/mol. The minimum absolute atomic E-state index is 0.254. The van der Waals surface area contributed by atoms with Crippen LogP contribution in [-0.2, 0) is 71.5 Å². The summed E-state index contributed by atoms with van der Waals surface area (Å²) in [5, 5.41) is 2.90. The van der Waals surface area contributed by atoms with Gasteiger partial charge in [0.1, 0.15) is 18.8 Å². The van der Waals surface area contributed by atoms with E-state index in [1.54, 1.807) is 6.08 Å². The summed E-state index contributed by atoms with van der Waals surface area (Å²) in [7, 11) is 0. The van der Waals surface area contributed by atoms with Crippen molar-refractivity contribution < 1.29 is 71.5 Å². The molecule has 1 heterocycles. The highest BCUT2D eigenvalue weighted by Crippen LogP contribution is 2.30. The number of unbranched alkanes of at least 4 members (excludes halogenated alkanes) is 28. The van der Waals surface area contributed by atoms with Crippen LogP contribution in [0.15, 0.2) is 12.2 Å². The molecule has 0 saturated carbocycles. The van der Waals surface area contributed by atoms with Crippen molar-refractivity contribution in [3.63, 3.8) is 0 Å². The summed E-state index contributed by atoms with van der Waals surface area (Å²) in [6.07, 6.45) is 29.8. The van der Waals surface area contributed by atoms with Gasteiger partial charge < -0.3 is 43.2 Å². The first-order chi connectivity index (χ1) is 35.6. The summed E-state index contributed by atoms with van der Waals surface area (Å²) in [5.41, 5.74) is 0. The number of rotatable bonds is 45. The molecule has 0 radical (unpaired) electrons. The van der Waals surface area contributed by atoms with Gasteiger partial charge in [-0.15, -0.1) is 0 Å². The standard InChI is InChI=1S/C58H101NO15/c1-9-11-13-15-17-19-21-23-25-27-29-31-33-35-37-39-41-52(70-46(5)62)57(66)59-50(51(69-45(4)61)40-38-36-34-32-30-28-26-24-22-20-18-16-14-12-10-2)42-68-58-56(73-49(8)65)55(72-48(7)64)54(71-47(6)63)53(74-58)43-67-44(3)60/h38,40,50-56,58H,9-37,39,41-43H2,1-8H3,(H,59,66). The van der Waals surface area contributed by atoms with Crippen LogP contribution >= 0.6 is 0 Å². The maximum Gasteiger partial charge on any atom is 0.303 e. The lowest BCUT2D eigenvalue weighted by molar-refractivity contribution is -0.309. The van der Waals surface area contributed by atoms with E-state index in [-0.39, 0.29) is 6.42 Å². The molecule has 1 N–H and O–H groups in total. The minimum Gasteiger partial charge on any atom is -0.463 e. The van der Waals surface area contributed by atoms with Gasteiger partial charge >= 0.3 is 35.8 Å². The van der Waals surface area contributed by atoms with Crippen LogP contribution in [-0.4, -0.2) is 104 Å². The second-order valence-corrected chi connectivity index (χ2v) is 20.2. The van der Waals surface area contributed by atoms with Crippen molar-refractivity contribution in [1.29, 1.82) is 0 Å². The lowest BCUT2D eigenvalue weighted by Crippen LogP contribution is -2.63. The molecule has 1 amide bonds. The topological polar surface area (TPSA) is 205 Å². The third-order valence-corrected chi connectivity index (χ3v) is 13.1. The Kier molecular flexibility index (Phi) is 40.5. The van der Waals surface area contributed by atoms with Gasteiger partial charge in [0, 0.05) is 41.5 Å². The maximum atomic E-state index is 14.2. The summed E-state index contributed by atoms with van der Waals surface area (Å²) in [6, 6.07) is -1.13. The Bertz CT molecular complexity index is 1570. The summed E-state index contributed by atoms with van der Waals surface area (Å²) < 4.78 is 45.7. The Hall–Kier alpha value is -4.05. The number of hydrogen-bond donors (Lipinski definition) is 1. The van der Waals surface area contributed by atoms with Crippen molar-refractivity contribution in [3.05, 3.63) is 12.2 Å². The average Bonchev–Trinajstić information content (AvgIpc) is 3.33. The lowest BCUT2D eigenvalue weighted by atomic mass is 9.98. The van der Waals surface area contributed by atoms with Gasteiger partial charge in [0.2, 0.25) is 0 Å². The van der Waals surface area contributed by atoms with Gasteiger partial charge in [-0.1, -0.05) is 193 Å². The highest BCUT2D eigenvalue weighted by molar-refractivity contribution is 5.83. The zero-order valence-corrected chi connectivity index (χ0v) is 47.2.